The minimum atomic E-state index is 0.348. The van der Waals surface area contributed by atoms with Crippen LogP contribution in [-0.4, -0.2) is 23.4 Å². The van der Waals surface area contributed by atoms with Crippen LogP contribution < -0.4 is 0 Å². The Kier molecular flexibility index (Phi) is 28.3. The summed E-state index contributed by atoms with van der Waals surface area (Å²) in [5.41, 5.74) is 0. The monoisotopic (exact) mass is 595 g/mol. The third kappa shape index (κ3) is 27.5. The van der Waals surface area contributed by atoms with Crippen LogP contribution in [0.3, 0.4) is 0 Å². The fraction of sp³-hybridized carbons (Fsp3) is 1.00. The molecule has 0 heterocycles. The number of rotatable bonds is 31. The van der Waals surface area contributed by atoms with Crippen LogP contribution in [0.2, 0.25) is 0 Å². The third-order valence-electron chi connectivity index (χ3n) is 10.8. The van der Waals surface area contributed by atoms with E-state index in [0.717, 1.165) is 48.3 Å². The Balaban J connectivity index is 3.71. The van der Waals surface area contributed by atoms with Gasteiger partial charge in [0.15, 0.2) is 0 Å². The largest absolute Gasteiger partial charge is 0.396 e. The van der Waals surface area contributed by atoms with Gasteiger partial charge in [-0.25, -0.2) is 0 Å². The summed E-state index contributed by atoms with van der Waals surface area (Å²) in [6.07, 6.45) is 29.8. The van der Waals surface area contributed by atoms with Gasteiger partial charge in [-0.2, -0.15) is 0 Å². The lowest BCUT2D eigenvalue weighted by Gasteiger charge is -2.18. The van der Waals surface area contributed by atoms with E-state index in [1.165, 1.54) is 128 Å². The quantitative estimate of drug-likeness (QED) is 0.0838. The summed E-state index contributed by atoms with van der Waals surface area (Å²) in [5.74, 6) is 6.68. The first-order valence-electron chi connectivity index (χ1n) is 19.3. The van der Waals surface area contributed by atoms with Crippen molar-refractivity contribution in [2.24, 2.45) is 47.3 Å². The molecule has 0 aromatic carbocycles. The SMILES string of the molecule is C[C@H](CCC[C@H](C)CCC[C@H](C)CC[C@@H](C)CCC[C@@H](C)CCC[C@@H](C)CCC[C@@H](C)CCO)CCC[C@@H](C)CCO. The molecular weight excluding hydrogens is 512 g/mol. The normalized spacial score (nSPS) is 17.9. The number of aliphatic hydroxyl groups excluding tert-OH is 2. The zero-order chi connectivity index (χ0) is 31.6. The highest BCUT2D eigenvalue weighted by Gasteiger charge is 2.12. The zero-order valence-corrected chi connectivity index (χ0v) is 30.5. The van der Waals surface area contributed by atoms with E-state index in [2.05, 4.69) is 55.4 Å². The van der Waals surface area contributed by atoms with Gasteiger partial charge < -0.3 is 10.2 Å². The average Bonchev–Trinajstić information content (AvgIpc) is 2.92. The molecule has 8 atom stereocenters. The third-order valence-corrected chi connectivity index (χ3v) is 10.8. The molecule has 0 saturated carbocycles. The van der Waals surface area contributed by atoms with Gasteiger partial charge in [0.2, 0.25) is 0 Å². The molecule has 2 nitrogen and oxygen atoms in total. The molecular formula is C40H82O2. The van der Waals surface area contributed by atoms with Gasteiger partial charge in [-0.05, 0) is 60.2 Å². The van der Waals surface area contributed by atoms with Crippen molar-refractivity contribution in [3.8, 4) is 0 Å². The molecule has 0 aromatic rings. The molecule has 2 N–H and O–H groups in total. The molecule has 0 aliphatic rings. The van der Waals surface area contributed by atoms with Crippen molar-refractivity contribution in [3.63, 3.8) is 0 Å². The highest BCUT2D eigenvalue weighted by molar-refractivity contribution is 4.65. The zero-order valence-electron chi connectivity index (χ0n) is 30.5. The summed E-state index contributed by atoms with van der Waals surface area (Å²) < 4.78 is 0. The van der Waals surface area contributed by atoms with Crippen molar-refractivity contribution in [2.75, 3.05) is 13.2 Å². The van der Waals surface area contributed by atoms with E-state index in [1.807, 2.05) is 0 Å². The number of hydrogen-bond donors (Lipinski definition) is 2. The first-order chi connectivity index (χ1) is 20.1. The van der Waals surface area contributed by atoms with Gasteiger partial charge in [0.05, 0.1) is 0 Å². The number of aliphatic hydroxyl groups is 2. The van der Waals surface area contributed by atoms with E-state index in [-0.39, 0.29) is 0 Å². The minimum absolute atomic E-state index is 0.348. The van der Waals surface area contributed by atoms with Crippen LogP contribution in [0.5, 0.6) is 0 Å². The van der Waals surface area contributed by atoms with E-state index < -0.39 is 0 Å². The summed E-state index contributed by atoms with van der Waals surface area (Å²) in [4.78, 5) is 0. The van der Waals surface area contributed by atoms with Crippen molar-refractivity contribution >= 4 is 0 Å². The molecule has 42 heavy (non-hydrogen) atoms. The van der Waals surface area contributed by atoms with Crippen molar-refractivity contribution in [1.29, 1.82) is 0 Å². The van der Waals surface area contributed by atoms with Crippen LogP contribution in [0.4, 0.5) is 0 Å². The maximum absolute atomic E-state index is 9.06. The second-order valence-corrected chi connectivity index (χ2v) is 16.0. The van der Waals surface area contributed by atoms with Crippen molar-refractivity contribution < 1.29 is 10.2 Å². The fourth-order valence-corrected chi connectivity index (χ4v) is 7.05. The van der Waals surface area contributed by atoms with E-state index in [0.29, 0.717) is 25.0 Å². The molecule has 0 radical (unpaired) electrons. The minimum Gasteiger partial charge on any atom is -0.396 e. The standard InChI is InChI=1S/C40H82O2/c1-33(15-9-17-35(3)21-13-25-39(7)29-31-41)19-11-23-37(5)27-28-38(6)24-12-20-34(2)16-10-18-36(4)22-14-26-40(8)30-32-42/h33-42H,9-32H2,1-8H3/t33-,34-,35+,36+,37-,38-,39+,40+/m0/s1. The first kappa shape index (κ1) is 41.9. The van der Waals surface area contributed by atoms with Gasteiger partial charge >= 0.3 is 0 Å². The molecule has 0 aliphatic heterocycles. The predicted octanol–water partition coefficient (Wildman–Crippen LogP) is 12.6. The van der Waals surface area contributed by atoms with Crippen molar-refractivity contribution in [3.05, 3.63) is 0 Å². The molecule has 0 unspecified atom stereocenters. The highest BCUT2D eigenvalue weighted by atomic mass is 16.3. The van der Waals surface area contributed by atoms with Gasteiger partial charge in [0, 0.05) is 13.2 Å². The molecule has 0 saturated heterocycles. The second kappa shape index (κ2) is 28.4. The first-order valence-corrected chi connectivity index (χ1v) is 19.3. The molecule has 0 amide bonds. The summed E-state index contributed by atoms with van der Waals surface area (Å²) >= 11 is 0. The molecule has 0 spiro atoms. The molecule has 2 heteroatoms. The van der Waals surface area contributed by atoms with Gasteiger partial charge in [-0.1, -0.05) is 184 Å². The van der Waals surface area contributed by atoms with Crippen LogP contribution in [0.1, 0.15) is 197 Å². The molecule has 0 aliphatic carbocycles. The molecule has 0 aromatic heterocycles. The van der Waals surface area contributed by atoms with Crippen LogP contribution >= 0.6 is 0 Å². The molecule has 0 bridgehead atoms. The predicted molar refractivity (Wildman–Crippen MR) is 189 cm³/mol. The maximum Gasteiger partial charge on any atom is 0.0433 e. The molecule has 0 rings (SSSR count). The smallest absolute Gasteiger partial charge is 0.0433 e. The Labute approximate surface area is 267 Å². The summed E-state index contributed by atoms with van der Waals surface area (Å²) in [7, 11) is 0. The van der Waals surface area contributed by atoms with Crippen LogP contribution in [-0.2, 0) is 0 Å². The van der Waals surface area contributed by atoms with Crippen molar-refractivity contribution in [1.82, 2.24) is 0 Å². The Morgan fingerprint density at radius 1 is 0.238 bits per heavy atom. The Bertz CT molecular complexity index is 500. The Morgan fingerprint density at radius 2 is 0.381 bits per heavy atom. The van der Waals surface area contributed by atoms with E-state index in [9.17, 15) is 0 Å². The van der Waals surface area contributed by atoms with Gasteiger partial charge in [0.25, 0.3) is 0 Å². The van der Waals surface area contributed by atoms with E-state index in [1.54, 1.807) is 0 Å². The molecule has 254 valence electrons. The van der Waals surface area contributed by atoms with Gasteiger partial charge in [0.1, 0.15) is 0 Å². The van der Waals surface area contributed by atoms with Gasteiger partial charge in [-0.3, -0.25) is 0 Å². The Hall–Kier alpha value is -0.0800. The number of hydrogen-bond acceptors (Lipinski definition) is 2. The summed E-state index contributed by atoms with van der Waals surface area (Å²) in [6, 6.07) is 0. The average molecular weight is 595 g/mol. The Morgan fingerprint density at radius 3 is 0.548 bits per heavy atom. The maximum atomic E-state index is 9.06. The fourth-order valence-electron chi connectivity index (χ4n) is 7.05. The van der Waals surface area contributed by atoms with E-state index >= 15 is 0 Å². The van der Waals surface area contributed by atoms with Gasteiger partial charge in [-0.15, -0.1) is 0 Å². The summed E-state index contributed by atoms with van der Waals surface area (Å²) in [6.45, 7) is 20.1. The van der Waals surface area contributed by atoms with Crippen LogP contribution in [0, 0.1) is 47.3 Å². The lowest BCUT2D eigenvalue weighted by Crippen LogP contribution is -2.04. The highest BCUT2D eigenvalue weighted by Crippen LogP contribution is 2.26. The summed E-state index contributed by atoms with van der Waals surface area (Å²) in [5, 5.41) is 18.1. The topological polar surface area (TPSA) is 40.5 Å². The lowest BCUT2D eigenvalue weighted by molar-refractivity contribution is 0.254. The van der Waals surface area contributed by atoms with Crippen LogP contribution in [0.15, 0.2) is 0 Å². The second-order valence-electron chi connectivity index (χ2n) is 16.0. The van der Waals surface area contributed by atoms with Crippen LogP contribution in [0.25, 0.3) is 0 Å². The van der Waals surface area contributed by atoms with E-state index in [4.69, 9.17) is 10.2 Å². The van der Waals surface area contributed by atoms with Crippen molar-refractivity contribution in [2.45, 2.75) is 197 Å². The lowest BCUT2D eigenvalue weighted by atomic mass is 9.88. The molecule has 0 fully saturated rings.